The van der Waals surface area contributed by atoms with Crippen LogP contribution < -0.4 is 5.32 Å². The van der Waals surface area contributed by atoms with E-state index in [4.69, 9.17) is 0 Å². The minimum atomic E-state index is -0.242. The van der Waals surface area contributed by atoms with Crippen molar-refractivity contribution in [2.75, 3.05) is 13.1 Å². The summed E-state index contributed by atoms with van der Waals surface area (Å²) in [5.74, 6) is 0.431. The largest absolute Gasteiger partial charge is 0.311 e. The van der Waals surface area contributed by atoms with E-state index in [0.29, 0.717) is 18.0 Å². The van der Waals surface area contributed by atoms with E-state index in [9.17, 15) is 4.39 Å². The fraction of sp³-hybridized carbons (Fsp3) is 0.706. The quantitative estimate of drug-likeness (QED) is 0.873. The first kappa shape index (κ1) is 16.4. The van der Waals surface area contributed by atoms with Crippen LogP contribution in [-0.2, 0) is 6.54 Å². The van der Waals surface area contributed by atoms with E-state index < -0.39 is 0 Å². The molecule has 1 N–H and O–H groups in total. The van der Waals surface area contributed by atoms with Crippen molar-refractivity contribution in [3.8, 4) is 0 Å². The number of aromatic nitrogens is 1. The van der Waals surface area contributed by atoms with Gasteiger partial charge in [0.05, 0.1) is 6.20 Å². The van der Waals surface area contributed by atoms with Crippen LogP contribution in [0.4, 0.5) is 4.39 Å². The monoisotopic (exact) mass is 293 g/mol. The summed E-state index contributed by atoms with van der Waals surface area (Å²) in [4.78, 5) is 6.48. The maximum absolute atomic E-state index is 13.3. The number of hydrogen-bond acceptors (Lipinski definition) is 3. The van der Waals surface area contributed by atoms with Gasteiger partial charge in [-0.3, -0.25) is 9.88 Å². The minimum absolute atomic E-state index is 0.242. The van der Waals surface area contributed by atoms with Gasteiger partial charge in [-0.2, -0.15) is 0 Å². The SMILES string of the molecule is CCCC1CN(Cc2cncc(F)c2)C(CC(C)C)CN1. The van der Waals surface area contributed by atoms with Crippen molar-refractivity contribution in [1.82, 2.24) is 15.2 Å². The molecule has 0 aromatic carbocycles. The maximum atomic E-state index is 13.3. The van der Waals surface area contributed by atoms with Gasteiger partial charge in [-0.15, -0.1) is 0 Å². The molecule has 21 heavy (non-hydrogen) atoms. The second-order valence-electron chi connectivity index (χ2n) is 6.62. The summed E-state index contributed by atoms with van der Waals surface area (Å²) in [5, 5.41) is 3.67. The molecule has 2 heterocycles. The summed E-state index contributed by atoms with van der Waals surface area (Å²) >= 11 is 0. The van der Waals surface area contributed by atoms with Gasteiger partial charge in [0.2, 0.25) is 0 Å². The Morgan fingerprint density at radius 3 is 2.90 bits per heavy atom. The maximum Gasteiger partial charge on any atom is 0.141 e. The van der Waals surface area contributed by atoms with Crippen molar-refractivity contribution >= 4 is 0 Å². The molecule has 1 aromatic rings. The molecule has 1 fully saturated rings. The van der Waals surface area contributed by atoms with E-state index >= 15 is 0 Å². The number of nitrogens with zero attached hydrogens (tertiary/aromatic N) is 2. The van der Waals surface area contributed by atoms with Crippen molar-refractivity contribution in [3.63, 3.8) is 0 Å². The molecule has 2 rings (SSSR count). The van der Waals surface area contributed by atoms with Gasteiger partial charge in [-0.25, -0.2) is 4.39 Å². The van der Waals surface area contributed by atoms with Crippen LogP contribution in [0.15, 0.2) is 18.5 Å². The Labute approximate surface area is 127 Å². The van der Waals surface area contributed by atoms with Gasteiger partial charge >= 0.3 is 0 Å². The highest BCUT2D eigenvalue weighted by molar-refractivity contribution is 5.10. The molecule has 2 atom stereocenters. The summed E-state index contributed by atoms with van der Waals surface area (Å²) in [6.07, 6.45) is 6.63. The van der Waals surface area contributed by atoms with Gasteiger partial charge in [0, 0.05) is 37.9 Å². The van der Waals surface area contributed by atoms with Crippen LogP contribution >= 0.6 is 0 Å². The first-order chi connectivity index (χ1) is 10.1. The van der Waals surface area contributed by atoms with Gasteiger partial charge in [0.1, 0.15) is 5.82 Å². The van der Waals surface area contributed by atoms with E-state index in [1.54, 1.807) is 12.3 Å². The fourth-order valence-corrected chi connectivity index (χ4v) is 3.22. The number of piperazine rings is 1. The fourth-order valence-electron chi connectivity index (χ4n) is 3.22. The lowest BCUT2D eigenvalue weighted by molar-refractivity contribution is 0.103. The van der Waals surface area contributed by atoms with Gasteiger partial charge in [-0.1, -0.05) is 27.2 Å². The highest BCUT2D eigenvalue weighted by atomic mass is 19.1. The van der Waals surface area contributed by atoms with Crippen molar-refractivity contribution in [1.29, 1.82) is 0 Å². The molecule has 0 saturated carbocycles. The second kappa shape index (κ2) is 7.85. The van der Waals surface area contributed by atoms with Gasteiger partial charge in [0.25, 0.3) is 0 Å². The van der Waals surface area contributed by atoms with Crippen LogP contribution in [0.2, 0.25) is 0 Å². The molecule has 3 nitrogen and oxygen atoms in total. The van der Waals surface area contributed by atoms with Crippen LogP contribution in [0.1, 0.15) is 45.6 Å². The summed E-state index contributed by atoms with van der Waals surface area (Å²) < 4.78 is 13.3. The predicted octanol–water partition coefficient (Wildman–Crippen LogP) is 3.21. The Morgan fingerprint density at radius 1 is 1.43 bits per heavy atom. The first-order valence-electron chi connectivity index (χ1n) is 8.15. The second-order valence-corrected chi connectivity index (χ2v) is 6.62. The summed E-state index contributed by atoms with van der Waals surface area (Å²) in [5.41, 5.74) is 0.973. The van der Waals surface area contributed by atoms with Crippen LogP contribution in [0.5, 0.6) is 0 Å². The molecule has 0 bridgehead atoms. The summed E-state index contributed by atoms with van der Waals surface area (Å²) in [6.45, 7) is 9.63. The third-order valence-corrected chi connectivity index (χ3v) is 4.14. The van der Waals surface area contributed by atoms with Crippen LogP contribution in [0.3, 0.4) is 0 Å². The predicted molar refractivity (Wildman–Crippen MR) is 84.5 cm³/mol. The molecule has 0 amide bonds. The van der Waals surface area contributed by atoms with Crippen LogP contribution in [-0.4, -0.2) is 35.1 Å². The van der Waals surface area contributed by atoms with E-state index in [0.717, 1.165) is 25.2 Å². The number of nitrogens with one attached hydrogen (secondary N) is 1. The zero-order valence-electron chi connectivity index (χ0n) is 13.5. The highest BCUT2D eigenvalue weighted by Crippen LogP contribution is 2.19. The Bertz CT molecular complexity index is 436. The molecule has 1 aromatic heterocycles. The molecule has 1 saturated heterocycles. The molecule has 118 valence electrons. The minimum Gasteiger partial charge on any atom is -0.311 e. The Hall–Kier alpha value is -1.00. The van der Waals surface area contributed by atoms with Crippen LogP contribution in [0, 0.1) is 11.7 Å². The smallest absolute Gasteiger partial charge is 0.141 e. The van der Waals surface area contributed by atoms with Crippen LogP contribution in [0.25, 0.3) is 0 Å². The van der Waals surface area contributed by atoms with E-state index in [1.807, 2.05) is 0 Å². The molecule has 0 aliphatic carbocycles. The normalized spacial score (nSPS) is 23.7. The molecule has 1 aliphatic rings. The first-order valence-corrected chi connectivity index (χ1v) is 8.15. The number of pyridine rings is 1. The van der Waals surface area contributed by atoms with Gasteiger partial charge in [-0.05, 0) is 30.4 Å². The Balaban J connectivity index is 2.05. The average molecular weight is 293 g/mol. The lowest BCUT2D eigenvalue weighted by Gasteiger charge is -2.41. The molecule has 2 unspecified atom stereocenters. The molecule has 1 aliphatic heterocycles. The van der Waals surface area contributed by atoms with Gasteiger partial charge in [0.15, 0.2) is 0 Å². The van der Waals surface area contributed by atoms with Crippen molar-refractivity contribution in [2.24, 2.45) is 5.92 Å². The topological polar surface area (TPSA) is 28.2 Å². The molecular formula is C17H28FN3. The highest BCUT2D eigenvalue weighted by Gasteiger charge is 2.27. The van der Waals surface area contributed by atoms with E-state index in [-0.39, 0.29) is 5.82 Å². The number of hydrogen-bond donors (Lipinski definition) is 1. The average Bonchev–Trinajstić information content (AvgIpc) is 2.41. The summed E-state index contributed by atoms with van der Waals surface area (Å²) in [7, 11) is 0. The molecule has 0 radical (unpaired) electrons. The zero-order chi connectivity index (χ0) is 15.2. The van der Waals surface area contributed by atoms with E-state index in [2.05, 4.69) is 36.0 Å². The lowest BCUT2D eigenvalue weighted by Crippen LogP contribution is -2.56. The Kier molecular flexibility index (Phi) is 6.12. The molecule has 0 spiro atoms. The number of halogens is 1. The third-order valence-electron chi connectivity index (χ3n) is 4.14. The standard InChI is InChI=1S/C17H28FN3/c1-4-5-16-12-21(17(10-20-16)6-13(2)3)11-14-7-15(18)9-19-8-14/h7-9,13,16-17,20H,4-6,10-12H2,1-3H3. The van der Waals surface area contributed by atoms with Crippen molar-refractivity contribution < 1.29 is 4.39 Å². The molecule has 4 heteroatoms. The van der Waals surface area contributed by atoms with Gasteiger partial charge < -0.3 is 5.32 Å². The van der Waals surface area contributed by atoms with E-state index in [1.165, 1.54) is 25.5 Å². The van der Waals surface area contributed by atoms with Crippen molar-refractivity contribution in [3.05, 3.63) is 29.8 Å². The summed E-state index contributed by atoms with van der Waals surface area (Å²) in [6, 6.07) is 2.69. The Morgan fingerprint density at radius 2 is 2.24 bits per heavy atom. The third kappa shape index (κ3) is 5.04. The van der Waals surface area contributed by atoms with Crippen molar-refractivity contribution in [2.45, 2.75) is 58.7 Å². The molecular weight excluding hydrogens is 265 g/mol. The lowest BCUT2D eigenvalue weighted by atomic mass is 9.97. The zero-order valence-corrected chi connectivity index (χ0v) is 13.5. The number of rotatable bonds is 6.